The largest absolute Gasteiger partial charge is 0.870 e. The van der Waals surface area contributed by atoms with Gasteiger partial charge in [-0.3, -0.25) is 9.59 Å². The van der Waals surface area contributed by atoms with Gasteiger partial charge in [0.2, 0.25) is 10.0 Å². The second-order valence-electron chi connectivity index (χ2n) is 11.7. The number of ether oxygens (including phenoxy) is 3. The number of hydrogen-bond donors (Lipinski definition) is 1. The van der Waals surface area contributed by atoms with Crippen molar-refractivity contribution < 1.29 is 51.5 Å². The number of alkyl halides is 2. The number of nitrogens with one attached hydrogen (secondary N) is 2. The number of aromatic nitrogens is 1. The van der Waals surface area contributed by atoms with Gasteiger partial charge in [0.05, 0.1) is 11.5 Å². The smallest absolute Gasteiger partial charge is 0.387 e. The maximum atomic E-state index is 13.8. The molecule has 0 bridgehead atoms. The van der Waals surface area contributed by atoms with Crippen LogP contribution in [0.1, 0.15) is 54.3 Å². The maximum absolute atomic E-state index is 13.8. The first-order valence-electron chi connectivity index (χ1n) is 14.8. The second-order valence-corrected chi connectivity index (χ2v) is 14.2. The van der Waals surface area contributed by atoms with Gasteiger partial charge in [-0.1, -0.05) is 49.2 Å². The molecule has 262 valence electrons. The highest BCUT2D eigenvalue weighted by Gasteiger charge is 2.33. The molecule has 4 rings (SSSR count). The van der Waals surface area contributed by atoms with E-state index < -0.39 is 46.6 Å². The highest BCUT2D eigenvalue weighted by Crippen LogP contribution is 2.38. The zero-order valence-electron chi connectivity index (χ0n) is 26.6. The Kier molecular flexibility index (Phi) is 13.5. The van der Waals surface area contributed by atoms with Crippen LogP contribution in [-0.2, 0) is 26.0 Å². The number of benzene rings is 2. The minimum Gasteiger partial charge on any atom is -0.870 e. The molecule has 0 spiro atoms. The van der Waals surface area contributed by atoms with Gasteiger partial charge in [-0.2, -0.15) is 13.5 Å². The summed E-state index contributed by atoms with van der Waals surface area (Å²) in [5.74, 6) is -1.76. The maximum Gasteiger partial charge on any atom is 0.387 e. The van der Waals surface area contributed by atoms with E-state index in [4.69, 9.17) is 32.7 Å². The summed E-state index contributed by atoms with van der Waals surface area (Å²) < 4.78 is 72.2. The minimum absolute atomic E-state index is 0. The Hall–Kier alpha value is -3.56. The fourth-order valence-electron chi connectivity index (χ4n) is 4.57. The number of halogens is 4. The van der Waals surface area contributed by atoms with Crippen LogP contribution in [0.3, 0.4) is 0 Å². The number of amides is 1. The van der Waals surface area contributed by atoms with E-state index in [0.29, 0.717) is 17.0 Å². The van der Waals surface area contributed by atoms with Gasteiger partial charge in [-0.05, 0) is 60.6 Å². The summed E-state index contributed by atoms with van der Waals surface area (Å²) >= 11 is 12.8. The van der Waals surface area contributed by atoms with Gasteiger partial charge in [-0.25, -0.2) is 13.4 Å². The second kappa shape index (κ2) is 16.7. The molecule has 48 heavy (non-hydrogen) atoms. The number of rotatable bonds is 15. The number of aromatic amines is 1. The lowest BCUT2D eigenvalue weighted by Crippen LogP contribution is -2.45. The molecule has 0 saturated heterocycles. The van der Waals surface area contributed by atoms with Crippen molar-refractivity contribution in [1.29, 1.82) is 0 Å². The van der Waals surface area contributed by atoms with E-state index in [-0.39, 0.29) is 50.5 Å². The number of pyridine rings is 1. The molecular formula is C32H37Cl2F2N3O8S. The molecule has 16 heteroatoms. The topological polar surface area (TPSA) is 155 Å². The molecule has 2 atom stereocenters. The van der Waals surface area contributed by atoms with Crippen LogP contribution in [0.15, 0.2) is 59.8 Å². The van der Waals surface area contributed by atoms with Crippen LogP contribution in [0.5, 0.6) is 11.5 Å². The number of nitrogens with zero attached hydrogens (tertiary/aromatic N) is 1. The Morgan fingerprint density at radius 1 is 1.04 bits per heavy atom. The number of carbonyl (C=O) groups is 2. The van der Waals surface area contributed by atoms with Gasteiger partial charge >= 0.3 is 12.6 Å². The summed E-state index contributed by atoms with van der Waals surface area (Å²) in [4.78, 5) is 30.1. The molecule has 0 radical (unpaired) electrons. The van der Waals surface area contributed by atoms with Crippen molar-refractivity contribution in [3.8, 4) is 11.5 Å². The average molecular weight is 733 g/mol. The predicted molar refractivity (Wildman–Crippen MR) is 172 cm³/mol. The van der Waals surface area contributed by atoms with E-state index in [1.165, 1.54) is 59.8 Å². The number of esters is 1. The zero-order valence-corrected chi connectivity index (χ0v) is 28.9. The minimum atomic E-state index is -4.31. The molecule has 0 unspecified atom stereocenters. The van der Waals surface area contributed by atoms with Crippen molar-refractivity contribution in [3.63, 3.8) is 0 Å². The molecule has 1 saturated carbocycles. The molecule has 0 aliphatic heterocycles. The van der Waals surface area contributed by atoms with E-state index in [1.54, 1.807) is 27.9 Å². The van der Waals surface area contributed by atoms with E-state index in [2.05, 4.69) is 14.4 Å². The third kappa shape index (κ3) is 10.2. The third-order valence-corrected chi connectivity index (χ3v) is 9.49. The first-order chi connectivity index (χ1) is 22.2. The molecule has 11 nitrogen and oxygen atoms in total. The number of sulfonamides is 1. The Balaban J connectivity index is 0.00000625. The van der Waals surface area contributed by atoms with Gasteiger partial charge < -0.3 is 24.6 Å². The van der Waals surface area contributed by atoms with Gasteiger partial charge in [0.15, 0.2) is 23.9 Å². The standard InChI is InChI=1S/C32H35Cl2F2N3O7S.H2O/c1-18(2)29(38-47(42,43)22-7-5-6-21(12-22)30(40)39(3)4)31(41)45-27(14-23-24(33)15-37-16-25(23)34)20-10-11-26(46-32(35)36)28(13-20)44-17-19-8-9-19;/h5-7,10-13,15-16,18-19,27,29,32,38H,8-9,14,17H2,1-4H3;1H2/t27-,29-;/m0./s1. The molecule has 2 aromatic carbocycles. The van der Waals surface area contributed by atoms with Crippen LogP contribution < -0.4 is 19.2 Å². The summed E-state index contributed by atoms with van der Waals surface area (Å²) in [7, 11) is -1.23. The Morgan fingerprint density at radius 3 is 2.29 bits per heavy atom. The van der Waals surface area contributed by atoms with E-state index >= 15 is 0 Å². The van der Waals surface area contributed by atoms with Gasteiger partial charge in [0, 0.05) is 31.6 Å². The summed E-state index contributed by atoms with van der Waals surface area (Å²) in [6, 6.07) is 8.25. The van der Waals surface area contributed by atoms with Gasteiger partial charge in [-0.15, -0.1) is 0 Å². The van der Waals surface area contributed by atoms with E-state index in [9.17, 15) is 26.8 Å². The Bertz CT molecular complexity index is 1690. The lowest BCUT2D eigenvalue weighted by atomic mass is 10.0. The predicted octanol–water partition coefficient (Wildman–Crippen LogP) is 5.55. The summed E-state index contributed by atoms with van der Waals surface area (Å²) in [5.41, 5.74) is 0.905. The normalized spacial score (nSPS) is 14.2. The first-order valence-corrected chi connectivity index (χ1v) is 17.0. The lowest BCUT2D eigenvalue weighted by Gasteiger charge is -2.26. The van der Waals surface area contributed by atoms with Crippen molar-refractivity contribution in [1.82, 2.24) is 9.62 Å². The molecule has 1 aliphatic carbocycles. The molecule has 1 heterocycles. The molecular weight excluding hydrogens is 695 g/mol. The van der Waals surface area contributed by atoms with E-state index in [0.717, 1.165) is 12.8 Å². The molecule has 3 aromatic rings. The number of carbonyl (C=O) groups excluding carboxylic acids is 2. The van der Waals surface area contributed by atoms with Crippen LogP contribution in [-0.4, -0.2) is 64.0 Å². The molecule has 3 N–H and O–H groups in total. The van der Waals surface area contributed by atoms with Crippen molar-refractivity contribution in [2.75, 3.05) is 20.7 Å². The van der Waals surface area contributed by atoms with Crippen LogP contribution in [0.4, 0.5) is 8.78 Å². The highest BCUT2D eigenvalue weighted by molar-refractivity contribution is 7.89. The average Bonchev–Trinajstić information content (AvgIpc) is 3.84. The molecule has 1 aliphatic rings. The molecule has 1 fully saturated rings. The third-order valence-electron chi connectivity index (χ3n) is 7.37. The monoisotopic (exact) mass is 731 g/mol. The molecule has 1 amide bonds. The van der Waals surface area contributed by atoms with Crippen LogP contribution in [0.2, 0.25) is 10.0 Å². The van der Waals surface area contributed by atoms with Gasteiger partial charge in [0.1, 0.15) is 22.2 Å². The SMILES string of the molecule is CC(C)[C@H](NS(=O)(=O)c1cccc(C(=O)N(C)C)c1)C(=O)O[C@@H](Cc1c(Cl)c[nH+]cc1Cl)c1ccc(OC(F)F)c(OCC2CC2)c1.[OH-]. The quantitative estimate of drug-likeness (QED) is 0.200. The summed E-state index contributed by atoms with van der Waals surface area (Å²) in [6.45, 7) is 0.461. The molecule has 1 aromatic heterocycles. The first kappa shape index (κ1) is 38.9. The van der Waals surface area contributed by atoms with Gasteiger partial charge in [0.25, 0.3) is 5.91 Å². The Morgan fingerprint density at radius 2 is 1.71 bits per heavy atom. The fourth-order valence-corrected chi connectivity index (χ4v) is 6.48. The summed E-state index contributed by atoms with van der Waals surface area (Å²) in [5, 5.41) is 0.490. The van der Waals surface area contributed by atoms with Crippen LogP contribution in [0, 0.1) is 11.8 Å². The van der Waals surface area contributed by atoms with E-state index in [1.807, 2.05) is 0 Å². The lowest BCUT2D eigenvalue weighted by molar-refractivity contribution is -0.377. The Labute approximate surface area is 287 Å². The zero-order chi connectivity index (χ0) is 34.5. The summed E-state index contributed by atoms with van der Waals surface area (Å²) in [6.07, 6.45) is 3.72. The van der Waals surface area contributed by atoms with Crippen molar-refractivity contribution in [2.24, 2.45) is 11.8 Å². The number of hydrogen-bond acceptors (Lipinski definition) is 8. The fraction of sp³-hybridized carbons (Fsp3) is 0.406. The number of H-pyrrole nitrogens is 1. The van der Waals surface area contributed by atoms with Crippen molar-refractivity contribution in [3.05, 3.63) is 81.6 Å². The highest BCUT2D eigenvalue weighted by atomic mass is 35.5. The van der Waals surface area contributed by atoms with Crippen LogP contribution in [0.25, 0.3) is 0 Å². The van der Waals surface area contributed by atoms with Crippen molar-refractivity contribution in [2.45, 2.75) is 56.8 Å². The van der Waals surface area contributed by atoms with Crippen LogP contribution >= 0.6 is 23.2 Å². The van der Waals surface area contributed by atoms with Crippen molar-refractivity contribution >= 4 is 45.1 Å².